The van der Waals surface area contributed by atoms with Gasteiger partial charge in [-0.15, -0.1) is 0 Å². The number of nitrogens with one attached hydrogen (secondary N) is 1. The summed E-state index contributed by atoms with van der Waals surface area (Å²) < 4.78 is 7.74. The van der Waals surface area contributed by atoms with E-state index in [-0.39, 0.29) is 5.91 Å². The summed E-state index contributed by atoms with van der Waals surface area (Å²) in [6.45, 7) is 3.40. The number of unbranched alkanes of at least 4 members (excludes halogenated alkanes) is 13. The average molecular weight is 502 g/mol. The Balaban J connectivity index is 1.49. The average Bonchev–Trinajstić information content (AvgIpc) is 2.86. The van der Waals surface area contributed by atoms with Crippen LogP contribution in [0.1, 0.15) is 113 Å². The van der Waals surface area contributed by atoms with Crippen LogP contribution in [0.2, 0.25) is 5.02 Å². The Hall–Kier alpha value is -2.07. The van der Waals surface area contributed by atoms with Gasteiger partial charge in [-0.05, 0) is 30.2 Å². The number of halogens is 1. The molecular formula is C30H46ClN2O2+. The van der Waals surface area contributed by atoms with Crippen molar-refractivity contribution in [2.75, 3.05) is 6.61 Å². The molecule has 1 aromatic heterocycles. The van der Waals surface area contributed by atoms with Crippen LogP contribution in [-0.2, 0) is 13.6 Å². The first kappa shape index (κ1) is 29.2. The lowest BCUT2D eigenvalue weighted by atomic mass is 10.0. The number of ether oxygens (including phenoxy) is 1. The number of amides is 1. The molecule has 194 valence electrons. The van der Waals surface area contributed by atoms with Crippen LogP contribution in [0.5, 0.6) is 5.75 Å². The molecule has 0 spiro atoms. The zero-order valence-electron chi connectivity index (χ0n) is 22.0. The highest BCUT2D eigenvalue weighted by Crippen LogP contribution is 2.26. The standard InChI is InChI=1S/C30H45ClN2O2/c1-3-4-5-6-7-8-9-10-11-12-13-14-15-16-22-35-29-20-19-26(23-28(29)31)24-32-30(34)27-18-17-21-33(2)25-27/h17-21,23,25H,3-16,22,24H2,1-2H3/p+1. The van der Waals surface area contributed by atoms with Gasteiger partial charge in [-0.2, -0.15) is 0 Å². The molecule has 5 heteroatoms. The Kier molecular flexibility index (Phi) is 15.2. The van der Waals surface area contributed by atoms with Gasteiger partial charge < -0.3 is 10.1 Å². The van der Waals surface area contributed by atoms with E-state index in [2.05, 4.69) is 12.2 Å². The maximum atomic E-state index is 12.3. The van der Waals surface area contributed by atoms with Gasteiger partial charge >= 0.3 is 0 Å². The van der Waals surface area contributed by atoms with E-state index < -0.39 is 0 Å². The summed E-state index contributed by atoms with van der Waals surface area (Å²) in [6, 6.07) is 9.38. The number of benzene rings is 1. The molecule has 0 unspecified atom stereocenters. The third-order valence-electron chi connectivity index (χ3n) is 6.41. The van der Waals surface area contributed by atoms with Crippen molar-refractivity contribution in [1.82, 2.24) is 5.32 Å². The molecule has 1 N–H and O–H groups in total. The Morgan fingerprint density at radius 1 is 0.886 bits per heavy atom. The molecule has 2 rings (SSSR count). The molecule has 2 aromatic rings. The van der Waals surface area contributed by atoms with Gasteiger partial charge in [0.15, 0.2) is 12.4 Å². The number of aromatic nitrogens is 1. The summed E-state index contributed by atoms with van der Waals surface area (Å²) in [5, 5.41) is 3.53. The van der Waals surface area contributed by atoms with Gasteiger partial charge in [-0.3, -0.25) is 4.79 Å². The molecule has 4 nitrogen and oxygen atoms in total. The van der Waals surface area contributed by atoms with Crippen LogP contribution >= 0.6 is 11.6 Å². The van der Waals surface area contributed by atoms with E-state index in [0.717, 1.165) is 12.0 Å². The van der Waals surface area contributed by atoms with Gasteiger partial charge in [0.1, 0.15) is 18.4 Å². The van der Waals surface area contributed by atoms with Crippen LogP contribution in [0.4, 0.5) is 0 Å². The smallest absolute Gasteiger partial charge is 0.257 e. The molecule has 1 heterocycles. The predicted octanol–water partition coefficient (Wildman–Crippen LogP) is 7.95. The number of aryl methyl sites for hydroxylation is 1. The summed E-state index contributed by atoms with van der Waals surface area (Å²) in [7, 11) is 1.90. The van der Waals surface area contributed by atoms with Crippen LogP contribution in [0, 0.1) is 0 Å². The summed E-state index contributed by atoms with van der Waals surface area (Å²) >= 11 is 6.41. The van der Waals surface area contributed by atoms with Crippen LogP contribution in [0.3, 0.4) is 0 Å². The number of pyridine rings is 1. The second kappa shape index (κ2) is 18.2. The summed E-state index contributed by atoms with van der Waals surface area (Å²) in [5.41, 5.74) is 1.58. The fourth-order valence-electron chi connectivity index (χ4n) is 4.26. The summed E-state index contributed by atoms with van der Waals surface area (Å²) in [5.74, 6) is 0.613. The number of hydrogen-bond donors (Lipinski definition) is 1. The second-order valence-corrected chi connectivity index (χ2v) is 10.1. The van der Waals surface area contributed by atoms with E-state index >= 15 is 0 Å². The van der Waals surface area contributed by atoms with Crippen molar-refractivity contribution in [2.24, 2.45) is 7.05 Å². The summed E-state index contributed by atoms with van der Waals surface area (Å²) in [6.07, 6.45) is 22.6. The number of rotatable bonds is 19. The molecule has 35 heavy (non-hydrogen) atoms. The first-order valence-corrected chi connectivity index (χ1v) is 14.1. The van der Waals surface area contributed by atoms with Crippen LogP contribution in [0.25, 0.3) is 0 Å². The number of carbonyl (C=O) groups is 1. The Labute approximate surface area is 218 Å². The molecule has 1 aromatic carbocycles. The molecule has 0 saturated heterocycles. The maximum Gasteiger partial charge on any atom is 0.257 e. The first-order chi connectivity index (χ1) is 17.1. The zero-order valence-corrected chi connectivity index (χ0v) is 22.8. The lowest BCUT2D eigenvalue weighted by Gasteiger charge is -2.10. The van der Waals surface area contributed by atoms with Gasteiger partial charge in [0.25, 0.3) is 5.91 Å². The number of nitrogens with zero attached hydrogens (tertiary/aromatic N) is 1. The van der Waals surface area contributed by atoms with Crippen molar-refractivity contribution >= 4 is 17.5 Å². The van der Waals surface area contributed by atoms with E-state index in [1.807, 2.05) is 42.1 Å². The van der Waals surface area contributed by atoms with Crippen molar-refractivity contribution in [2.45, 2.75) is 103 Å². The van der Waals surface area contributed by atoms with Gasteiger partial charge in [-0.1, -0.05) is 108 Å². The molecule has 0 radical (unpaired) electrons. The van der Waals surface area contributed by atoms with Crippen LogP contribution in [0.15, 0.2) is 42.7 Å². The highest BCUT2D eigenvalue weighted by molar-refractivity contribution is 6.32. The van der Waals surface area contributed by atoms with Crippen LogP contribution in [-0.4, -0.2) is 12.5 Å². The largest absolute Gasteiger partial charge is 0.492 e. The highest BCUT2D eigenvalue weighted by atomic mass is 35.5. The Morgan fingerprint density at radius 2 is 1.49 bits per heavy atom. The van der Waals surface area contributed by atoms with E-state index in [1.165, 1.54) is 83.5 Å². The fourth-order valence-corrected chi connectivity index (χ4v) is 4.51. The quantitative estimate of drug-likeness (QED) is 0.157. The third-order valence-corrected chi connectivity index (χ3v) is 6.70. The maximum absolute atomic E-state index is 12.3. The fraction of sp³-hybridized carbons (Fsp3) is 0.600. The molecule has 1 amide bonds. The Bertz CT molecular complexity index is 856. The van der Waals surface area contributed by atoms with Gasteiger partial charge in [0, 0.05) is 12.6 Å². The normalized spacial score (nSPS) is 10.9. The molecule has 0 aliphatic heterocycles. The molecule has 0 aliphatic rings. The van der Waals surface area contributed by atoms with Gasteiger partial charge in [0.2, 0.25) is 0 Å². The zero-order chi connectivity index (χ0) is 25.1. The second-order valence-electron chi connectivity index (χ2n) is 9.65. The predicted molar refractivity (Wildman–Crippen MR) is 146 cm³/mol. The van der Waals surface area contributed by atoms with E-state index in [4.69, 9.17) is 16.3 Å². The van der Waals surface area contributed by atoms with E-state index in [1.54, 1.807) is 12.3 Å². The number of hydrogen-bond acceptors (Lipinski definition) is 2. The molecular weight excluding hydrogens is 456 g/mol. The highest BCUT2D eigenvalue weighted by Gasteiger charge is 2.10. The minimum atomic E-state index is -0.101. The van der Waals surface area contributed by atoms with Crippen molar-refractivity contribution < 1.29 is 14.1 Å². The summed E-state index contributed by atoms with van der Waals surface area (Å²) in [4.78, 5) is 12.3. The minimum absolute atomic E-state index is 0.101. The monoisotopic (exact) mass is 501 g/mol. The SMILES string of the molecule is CCCCCCCCCCCCCCCCOc1ccc(CNC(=O)c2ccc[n+](C)c2)cc1Cl. The molecule has 0 bridgehead atoms. The molecule has 0 aliphatic carbocycles. The van der Waals surface area contributed by atoms with Crippen molar-refractivity contribution in [3.63, 3.8) is 0 Å². The first-order valence-electron chi connectivity index (χ1n) is 13.7. The van der Waals surface area contributed by atoms with E-state index in [0.29, 0.717) is 29.5 Å². The topological polar surface area (TPSA) is 42.2 Å². The van der Waals surface area contributed by atoms with Crippen molar-refractivity contribution in [1.29, 1.82) is 0 Å². The lowest BCUT2D eigenvalue weighted by Crippen LogP contribution is -2.30. The van der Waals surface area contributed by atoms with E-state index in [9.17, 15) is 4.79 Å². The Morgan fingerprint density at radius 3 is 2.06 bits per heavy atom. The molecule has 0 fully saturated rings. The molecule has 0 atom stereocenters. The van der Waals surface area contributed by atoms with Crippen molar-refractivity contribution in [3.05, 3.63) is 58.9 Å². The van der Waals surface area contributed by atoms with Gasteiger partial charge in [0.05, 0.1) is 11.6 Å². The minimum Gasteiger partial charge on any atom is -0.492 e. The lowest BCUT2D eigenvalue weighted by molar-refractivity contribution is -0.671. The van der Waals surface area contributed by atoms with Crippen LogP contribution < -0.4 is 14.6 Å². The third kappa shape index (κ3) is 13.0. The van der Waals surface area contributed by atoms with Crippen molar-refractivity contribution in [3.8, 4) is 5.75 Å². The van der Waals surface area contributed by atoms with Gasteiger partial charge in [-0.25, -0.2) is 4.57 Å². The molecule has 0 saturated carbocycles. The number of carbonyl (C=O) groups excluding carboxylic acids is 1.